The van der Waals surface area contributed by atoms with Crippen LogP contribution < -0.4 is 4.74 Å². The molecule has 0 N–H and O–H groups in total. The number of carbonyl (C=O) groups is 2. The Balaban J connectivity index is 1.47. The molecular weight excluding hydrogens is 356 g/mol. The first kappa shape index (κ1) is 18.4. The Bertz CT molecular complexity index is 914. The van der Waals surface area contributed by atoms with Crippen molar-refractivity contribution in [1.82, 2.24) is 19.8 Å². The second kappa shape index (κ2) is 7.58. The van der Waals surface area contributed by atoms with Crippen molar-refractivity contribution < 1.29 is 14.3 Å². The third-order valence-corrected chi connectivity index (χ3v) is 5.58. The maximum absolute atomic E-state index is 12.9. The normalized spacial score (nSPS) is 18.7. The summed E-state index contributed by atoms with van der Waals surface area (Å²) >= 11 is 0. The van der Waals surface area contributed by atoms with Crippen molar-refractivity contribution in [3.63, 3.8) is 0 Å². The minimum absolute atomic E-state index is 0.0185. The third-order valence-electron chi connectivity index (χ3n) is 5.58. The molecular formula is C21H24N4O3. The lowest BCUT2D eigenvalue weighted by molar-refractivity contribution is -0.129. The van der Waals surface area contributed by atoms with E-state index in [1.54, 1.807) is 26.2 Å². The van der Waals surface area contributed by atoms with Crippen LogP contribution in [0.1, 0.15) is 46.7 Å². The van der Waals surface area contributed by atoms with Gasteiger partial charge in [0.1, 0.15) is 11.6 Å². The Labute approximate surface area is 164 Å². The summed E-state index contributed by atoms with van der Waals surface area (Å²) in [6.07, 6.45) is 3.44. The van der Waals surface area contributed by atoms with E-state index in [-0.39, 0.29) is 17.7 Å². The highest BCUT2D eigenvalue weighted by atomic mass is 16.5. The Kier molecular flexibility index (Phi) is 4.98. The number of fused-ring (bicyclic) bond motifs is 1. The molecule has 0 bridgehead atoms. The quantitative estimate of drug-likeness (QED) is 0.814. The zero-order valence-corrected chi connectivity index (χ0v) is 16.2. The van der Waals surface area contributed by atoms with Crippen molar-refractivity contribution in [2.45, 2.75) is 32.2 Å². The van der Waals surface area contributed by atoms with Gasteiger partial charge in [0.2, 0.25) is 5.91 Å². The largest absolute Gasteiger partial charge is 0.496 e. The van der Waals surface area contributed by atoms with Crippen molar-refractivity contribution in [1.29, 1.82) is 0 Å². The van der Waals surface area contributed by atoms with E-state index in [4.69, 9.17) is 9.72 Å². The second-order valence-corrected chi connectivity index (χ2v) is 7.33. The molecule has 3 heterocycles. The standard InChI is InChI=1S/C21H24N4O3/c1-14(26)24-10-8-18-16(13-24)11-22-20(23-18)15-7-9-25(12-15)21(27)17-5-3-4-6-19(17)28-2/h3-6,11,15H,7-10,12-13H2,1-2H3/t15-/m1/s1. The van der Waals surface area contributed by atoms with Crippen LogP contribution in [0, 0.1) is 0 Å². The molecule has 1 saturated heterocycles. The highest BCUT2D eigenvalue weighted by Crippen LogP contribution is 2.29. The van der Waals surface area contributed by atoms with E-state index in [0.717, 1.165) is 29.9 Å². The minimum atomic E-state index is -0.0185. The molecule has 0 radical (unpaired) electrons. The van der Waals surface area contributed by atoms with E-state index in [1.807, 2.05) is 28.1 Å². The highest BCUT2D eigenvalue weighted by Gasteiger charge is 2.31. The summed E-state index contributed by atoms with van der Waals surface area (Å²) < 4.78 is 5.33. The first-order chi connectivity index (χ1) is 13.6. The zero-order valence-electron chi connectivity index (χ0n) is 16.2. The molecule has 7 heteroatoms. The molecule has 2 aromatic rings. The summed E-state index contributed by atoms with van der Waals surface area (Å²) in [5.41, 5.74) is 2.63. The number of ether oxygens (including phenoxy) is 1. The molecule has 2 aliphatic heterocycles. The average molecular weight is 380 g/mol. The van der Waals surface area contributed by atoms with Crippen LogP contribution in [-0.4, -0.2) is 58.3 Å². The number of likely N-dealkylation sites (tertiary alicyclic amines) is 1. The van der Waals surface area contributed by atoms with Crippen molar-refractivity contribution in [2.75, 3.05) is 26.7 Å². The van der Waals surface area contributed by atoms with Gasteiger partial charge in [0, 0.05) is 57.2 Å². The van der Waals surface area contributed by atoms with Gasteiger partial charge in [0.15, 0.2) is 0 Å². The third kappa shape index (κ3) is 3.44. The van der Waals surface area contributed by atoms with E-state index >= 15 is 0 Å². The van der Waals surface area contributed by atoms with Crippen LogP contribution >= 0.6 is 0 Å². The van der Waals surface area contributed by atoms with Gasteiger partial charge in [-0.1, -0.05) is 12.1 Å². The van der Waals surface area contributed by atoms with Crippen LogP contribution in [0.5, 0.6) is 5.75 Å². The summed E-state index contributed by atoms with van der Waals surface area (Å²) in [5.74, 6) is 1.59. The van der Waals surface area contributed by atoms with Crippen molar-refractivity contribution in [3.05, 3.63) is 53.1 Å². The fraction of sp³-hybridized carbons (Fsp3) is 0.429. The lowest BCUT2D eigenvalue weighted by Gasteiger charge is -2.27. The molecule has 0 saturated carbocycles. The molecule has 1 atom stereocenters. The summed E-state index contributed by atoms with van der Waals surface area (Å²) in [4.78, 5) is 37.5. The molecule has 0 aliphatic carbocycles. The number of benzene rings is 1. The molecule has 7 nitrogen and oxygen atoms in total. The van der Waals surface area contributed by atoms with E-state index in [0.29, 0.717) is 37.5 Å². The molecule has 28 heavy (non-hydrogen) atoms. The molecule has 0 spiro atoms. The monoisotopic (exact) mass is 380 g/mol. The lowest BCUT2D eigenvalue weighted by atomic mass is 10.0. The fourth-order valence-corrected chi connectivity index (χ4v) is 3.94. The Morgan fingerprint density at radius 1 is 1.18 bits per heavy atom. The van der Waals surface area contributed by atoms with Crippen molar-refractivity contribution in [2.24, 2.45) is 0 Å². The zero-order chi connectivity index (χ0) is 19.7. The fourth-order valence-electron chi connectivity index (χ4n) is 3.94. The summed E-state index contributed by atoms with van der Waals surface area (Å²) in [5, 5.41) is 0. The van der Waals surface area contributed by atoms with Crippen LogP contribution in [0.25, 0.3) is 0 Å². The lowest BCUT2D eigenvalue weighted by Crippen LogP contribution is -2.35. The van der Waals surface area contributed by atoms with E-state index in [9.17, 15) is 9.59 Å². The van der Waals surface area contributed by atoms with Crippen LogP contribution in [0.2, 0.25) is 0 Å². The van der Waals surface area contributed by atoms with Gasteiger partial charge < -0.3 is 14.5 Å². The molecule has 1 aromatic carbocycles. The maximum Gasteiger partial charge on any atom is 0.257 e. The number of hydrogen-bond donors (Lipinski definition) is 0. The smallest absolute Gasteiger partial charge is 0.257 e. The number of carbonyl (C=O) groups excluding carboxylic acids is 2. The summed E-state index contributed by atoms with van der Waals surface area (Å²) in [7, 11) is 1.58. The molecule has 1 aromatic heterocycles. The highest BCUT2D eigenvalue weighted by molar-refractivity contribution is 5.97. The first-order valence-corrected chi connectivity index (χ1v) is 9.59. The number of aromatic nitrogens is 2. The molecule has 2 aliphatic rings. The van der Waals surface area contributed by atoms with E-state index < -0.39 is 0 Å². The number of para-hydroxylation sites is 1. The van der Waals surface area contributed by atoms with Gasteiger partial charge in [-0.2, -0.15) is 0 Å². The van der Waals surface area contributed by atoms with Crippen LogP contribution in [0.3, 0.4) is 0 Å². The topological polar surface area (TPSA) is 75.6 Å². The van der Waals surface area contributed by atoms with Gasteiger partial charge in [-0.3, -0.25) is 9.59 Å². The van der Waals surface area contributed by atoms with Gasteiger partial charge in [0.25, 0.3) is 5.91 Å². The maximum atomic E-state index is 12.9. The van der Waals surface area contributed by atoms with E-state index in [1.165, 1.54) is 0 Å². The molecule has 1 fully saturated rings. The summed E-state index contributed by atoms with van der Waals surface area (Å²) in [6.45, 7) is 4.15. The Morgan fingerprint density at radius 2 is 2.00 bits per heavy atom. The van der Waals surface area contributed by atoms with Gasteiger partial charge in [0.05, 0.1) is 18.4 Å². The SMILES string of the molecule is COc1ccccc1C(=O)N1CC[C@@H](c2ncc3c(n2)CCN(C(C)=O)C3)C1. The molecule has 146 valence electrons. The Hall–Kier alpha value is -2.96. The predicted octanol–water partition coefficient (Wildman–Crippen LogP) is 2.02. The molecule has 0 unspecified atom stereocenters. The van der Waals surface area contributed by atoms with Gasteiger partial charge >= 0.3 is 0 Å². The van der Waals surface area contributed by atoms with Crippen LogP contribution in [0.4, 0.5) is 0 Å². The number of methoxy groups -OCH3 is 1. The Morgan fingerprint density at radius 3 is 2.79 bits per heavy atom. The number of hydrogen-bond acceptors (Lipinski definition) is 5. The van der Waals surface area contributed by atoms with Crippen LogP contribution in [0.15, 0.2) is 30.5 Å². The van der Waals surface area contributed by atoms with Crippen molar-refractivity contribution in [3.8, 4) is 5.75 Å². The van der Waals surface area contributed by atoms with Crippen molar-refractivity contribution >= 4 is 11.8 Å². The summed E-state index contributed by atoms with van der Waals surface area (Å²) in [6, 6.07) is 7.30. The first-order valence-electron chi connectivity index (χ1n) is 9.59. The van der Waals surface area contributed by atoms with E-state index in [2.05, 4.69) is 4.98 Å². The molecule has 4 rings (SSSR count). The van der Waals surface area contributed by atoms with Crippen LogP contribution in [-0.2, 0) is 17.8 Å². The van der Waals surface area contributed by atoms with Gasteiger partial charge in [-0.15, -0.1) is 0 Å². The number of amides is 2. The average Bonchev–Trinajstić information content (AvgIpc) is 3.22. The molecule has 2 amide bonds. The minimum Gasteiger partial charge on any atom is -0.496 e. The predicted molar refractivity (Wildman–Crippen MR) is 103 cm³/mol. The van der Waals surface area contributed by atoms with Gasteiger partial charge in [-0.25, -0.2) is 9.97 Å². The van der Waals surface area contributed by atoms with Gasteiger partial charge in [-0.05, 0) is 18.6 Å². The second-order valence-electron chi connectivity index (χ2n) is 7.33. The number of rotatable bonds is 3. The number of nitrogens with zero attached hydrogens (tertiary/aromatic N) is 4.